The van der Waals surface area contributed by atoms with E-state index in [9.17, 15) is 9.90 Å². The van der Waals surface area contributed by atoms with E-state index in [0.29, 0.717) is 17.3 Å². The lowest BCUT2D eigenvalue weighted by Gasteiger charge is -2.13. The second kappa shape index (κ2) is 7.54. The number of phenols is 1. The molecule has 0 saturated heterocycles. The van der Waals surface area contributed by atoms with Crippen LogP contribution in [0, 0.1) is 0 Å². The average Bonchev–Trinajstić information content (AvgIpc) is 2.56. The van der Waals surface area contributed by atoms with E-state index >= 15 is 0 Å². The molecule has 0 aromatic heterocycles. The van der Waals surface area contributed by atoms with Gasteiger partial charge in [-0.2, -0.15) is 5.11 Å². The highest BCUT2D eigenvalue weighted by atomic mass is 16.4. The van der Waals surface area contributed by atoms with Gasteiger partial charge < -0.3 is 10.2 Å². The number of carboxylic acids is 1. The van der Waals surface area contributed by atoms with E-state index in [1.165, 1.54) is 12.1 Å². The third kappa shape index (κ3) is 4.16. The molecule has 0 aliphatic heterocycles. The Bertz CT molecular complexity index is 705. The second-order valence-electron chi connectivity index (χ2n) is 5.31. The summed E-state index contributed by atoms with van der Waals surface area (Å²) in [5.41, 5.74) is 2.27. The fourth-order valence-electron chi connectivity index (χ4n) is 2.42. The van der Waals surface area contributed by atoms with Crippen molar-refractivity contribution < 1.29 is 15.0 Å². The molecule has 2 aromatic rings. The fraction of sp³-hybridized carbons (Fsp3) is 0.278. The van der Waals surface area contributed by atoms with Crippen LogP contribution in [-0.4, -0.2) is 16.2 Å². The summed E-state index contributed by atoms with van der Waals surface area (Å²) < 4.78 is 0. The summed E-state index contributed by atoms with van der Waals surface area (Å²) in [6.45, 7) is 4.26. The maximum absolute atomic E-state index is 10.8. The zero-order chi connectivity index (χ0) is 16.8. The van der Waals surface area contributed by atoms with Gasteiger partial charge in [-0.25, -0.2) is 4.79 Å². The predicted octanol–water partition coefficient (Wildman–Crippen LogP) is 5.41. The molecule has 0 aliphatic rings. The van der Waals surface area contributed by atoms with E-state index in [1.807, 2.05) is 12.1 Å². The third-order valence-electron chi connectivity index (χ3n) is 3.84. The molecule has 0 aliphatic carbocycles. The highest BCUT2D eigenvalue weighted by Gasteiger charge is 2.10. The van der Waals surface area contributed by atoms with Crippen LogP contribution in [0.15, 0.2) is 52.7 Å². The minimum atomic E-state index is -0.982. The molecule has 0 fully saturated rings. The van der Waals surface area contributed by atoms with E-state index in [2.05, 4.69) is 24.1 Å². The van der Waals surface area contributed by atoms with Crippen molar-refractivity contribution in [2.75, 3.05) is 0 Å². The van der Waals surface area contributed by atoms with Crippen molar-refractivity contribution in [1.29, 1.82) is 0 Å². The normalized spacial score (nSPS) is 11.3. The average molecular weight is 312 g/mol. The van der Waals surface area contributed by atoms with Gasteiger partial charge in [0, 0.05) is 0 Å². The van der Waals surface area contributed by atoms with Crippen LogP contribution in [0.1, 0.15) is 48.5 Å². The molecule has 0 unspecified atom stereocenters. The molecule has 5 nitrogen and oxygen atoms in total. The molecule has 0 bridgehead atoms. The number of rotatable bonds is 6. The maximum Gasteiger partial charge on any atom is 0.335 e. The van der Waals surface area contributed by atoms with Gasteiger partial charge in [0.2, 0.25) is 0 Å². The Morgan fingerprint density at radius 1 is 1.04 bits per heavy atom. The zero-order valence-electron chi connectivity index (χ0n) is 13.2. The maximum atomic E-state index is 10.8. The van der Waals surface area contributed by atoms with Crippen LogP contribution in [0.4, 0.5) is 11.4 Å². The monoisotopic (exact) mass is 312 g/mol. The molecular formula is C18H20N2O3. The molecule has 5 heteroatoms. The zero-order valence-corrected chi connectivity index (χ0v) is 13.2. The number of benzene rings is 2. The van der Waals surface area contributed by atoms with Crippen LogP contribution < -0.4 is 0 Å². The number of aromatic hydroxyl groups is 1. The molecule has 2 aromatic carbocycles. The Morgan fingerprint density at radius 3 is 2.26 bits per heavy atom. The number of aromatic carboxylic acids is 1. The summed E-state index contributed by atoms with van der Waals surface area (Å²) in [5, 5.41) is 26.9. The number of carboxylic acid groups (broad SMARTS) is 1. The van der Waals surface area contributed by atoms with E-state index in [1.54, 1.807) is 18.2 Å². The number of nitrogens with zero attached hydrogens (tertiary/aromatic N) is 2. The lowest BCUT2D eigenvalue weighted by atomic mass is 9.93. The van der Waals surface area contributed by atoms with Gasteiger partial charge in [0.1, 0.15) is 11.4 Å². The van der Waals surface area contributed by atoms with Crippen molar-refractivity contribution in [2.24, 2.45) is 10.2 Å². The minimum Gasteiger partial charge on any atom is -0.506 e. The number of hydrogen-bond donors (Lipinski definition) is 2. The Hall–Kier alpha value is -2.69. The molecule has 0 heterocycles. The Kier molecular flexibility index (Phi) is 5.46. The van der Waals surface area contributed by atoms with Gasteiger partial charge in [0.05, 0.1) is 11.3 Å². The molecule has 0 atom stereocenters. The molecule has 0 radical (unpaired) electrons. The molecule has 0 spiro atoms. The Balaban J connectivity index is 2.24. The number of phenolic OH excluding ortho intramolecular Hbond substituents is 1. The quantitative estimate of drug-likeness (QED) is 0.700. The molecule has 120 valence electrons. The third-order valence-corrected chi connectivity index (χ3v) is 3.84. The summed E-state index contributed by atoms with van der Waals surface area (Å²) in [4.78, 5) is 10.8. The Labute approximate surface area is 135 Å². The molecule has 2 N–H and O–H groups in total. The van der Waals surface area contributed by atoms with Crippen molar-refractivity contribution in [3.8, 4) is 5.75 Å². The number of hydrogen-bond acceptors (Lipinski definition) is 4. The summed E-state index contributed by atoms with van der Waals surface area (Å²) in [6.07, 6.45) is 2.04. The number of carbonyl (C=O) groups is 1. The summed E-state index contributed by atoms with van der Waals surface area (Å²) in [5.74, 6) is -0.478. The highest BCUT2D eigenvalue weighted by Crippen LogP contribution is 2.33. The summed E-state index contributed by atoms with van der Waals surface area (Å²) in [7, 11) is 0. The fourth-order valence-corrected chi connectivity index (χ4v) is 2.42. The van der Waals surface area contributed by atoms with Gasteiger partial charge in [0.25, 0.3) is 0 Å². The standard InChI is InChI=1S/C18H20N2O3/c1-3-12(4-2)14-7-10-17(21)16(11-14)20-19-15-8-5-13(6-9-15)18(22)23/h5-12,21H,3-4H2,1-2H3,(H,22,23)/b20-19+. The number of azo groups is 1. The van der Waals surface area contributed by atoms with Crippen molar-refractivity contribution in [2.45, 2.75) is 32.6 Å². The first-order valence-electron chi connectivity index (χ1n) is 7.63. The van der Waals surface area contributed by atoms with Crippen LogP contribution in [0.5, 0.6) is 5.75 Å². The van der Waals surface area contributed by atoms with Gasteiger partial charge in [-0.3, -0.25) is 0 Å². The summed E-state index contributed by atoms with van der Waals surface area (Å²) in [6, 6.07) is 11.5. The van der Waals surface area contributed by atoms with Crippen LogP contribution in [0.3, 0.4) is 0 Å². The first-order valence-corrected chi connectivity index (χ1v) is 7.63. The second-order valence-corrected chi connectivity index (χ2v) is 5.31. The van der Waals surface area contributed by atoms with Gasteiger partial charge in [-0.1, -0.05) is 19.9 Å². The largest absolute Gasteiger partial charge is 0.506 e. The first-order chi connectivity index (χ1) is 11.0. The topological polar surface area (TPSA) is 82.2 Å². The first kappa shape index (κ1) is 16.7. The predicted molar refractivity (Wildman–Crippen MR) is 89.0 cm³/mol. The van der Waals surface area contributed by atoms with Gasteiger partial charge >= 0.3 is 5.97 Å². The van der Waals surface area contributed by atoms with Gasteiger partial charge in [-0.15, -0.1) is 5.11 Å². The van der Waals surface area contributed by atoms with Crippen LogP contribution in [-0.2, 0) is 0 Å². The highest BCUT2D eigenvalue weighted by molar-refractivity contribution is 5.87. The van der Waals surface area contributed by atoms with Crippen LogP contribution in [0.25, 0.3) is 0 Å². The van der Waals surface area contributed by atoms with Crippen molar-refractivity contribution in [1.82, 2.24) is 0 Å². The van der Waals surface area contributed by atoms with Crippen molar-refractivity contribution in [3.63, 3.8) is 0 Å². The van der Waals surface area contributed by atoms with E-state index < -0.39 is 5.97 Å². The van der Waals surface area contributed by atoms with Crippen LogP contribution >= 0.6 is 0 Å². The van der Waals surface area contributed by atoms with E-state index in [4.69, 9.17) is 5.11 Å². The lowest BCUT2D eigenvalue weighted by Crippen LogP contribution is -1.94. The SMILES string of the molecule is CCC(CC)c1ccc(O)c(/N=N/c2ccc(C(=O)O)cc2)c1. The minimum absolute atomic E-state index is 0.0746. The molecule has 0 amide bonds. The van der Waals surface area contributed by atoms with Crippen LogP contribution in [0.2, 0.25) is 0 Å². The smallest absolute Gasteiger partial charge is 0.335 e. The van der Waals surface area contributed by atoms with E-state index in [0.717, 1.165) is 18.4 Å². The molecule has 23 heavy (non-hydrogen) atoms. The van der Waals surface area contributed by atoms with Gasteiger partial charge in [0.15, 0.2) is 0 Å². The van der Waals surface area contributed by atoms with Crippen molar-refractivity contribution >= 4 is 17.3 Å². The summed E-state index contributed by atoms with van der Waals surface area (Å²) >= 11 is 0. The molecule has 0 saturated carbocycles. The molecule has 2 rings (SSSR count). The van der Waals surface area contributed by atoms with Crippen molar-refractivity contribution in [3.05, 3.63) is 53.6 Å². The van der Waals surface area contributed by atoms with E-state index in [-0.39, 0.29) is 11.3 Å². The lowest BCUT2D eigenvalue weighted by molar-refractivity contribution is 0.0697. The van der Waals surface area contributed by atoms with Gasteiger partial charge in [-0.05, 0) is 60.7 Å². The molecular weight excluding hydrogens is 292 g/mol. The Morgan fingerprint density at radius 2 is 1.70 bits per heavy atom.